The van der Waals surface area contributed by atoms with Crippen LogP contribution in [0.4, 0.5) is 4.39 Å². The second-order valence-electron chi connectivity index (χ2n) is 6.72. The van der Waals surface area contributed by atoms with Crippen LogP contribution >= 0.6 is 0 Å². The van der Waals surface area contributed by atoms with Gasteiger partial charge in [0, 0.05) is 31.2 Å². The fourth-order valence-corrected chi connectivity index (χ4v) is 3.28. The second kappa shape index (κ2) is 7.78. The van der Waals surface area contributed by atoms with E-state index in [2.05, 4.69) is 15.4 Å². The third kappa shape index (κ3) is 4.66. The van der Waals surface area contributed by atoms with Gasteiger partial charge in [-0.05, 0) is 44.4 Å². The maximum Gasteiger partial charge on any atom is 0.224 e. The van der Waals surface area contributed by atoms with Crippen LogP contribution in [-0.2, 0) is 17.8 Å². The highest BCUT2D eigenvalue weighted by Gasteiger charge is 2.22. The molecule has 0 radical (unpaired) electrons. The first-order valence-electron chi connectivity index (χ1n) is 8.69. The Labute approximate surface area is 147 Å². The molecule has 2 aromatic rings. The van der Waals surface area contributed by atoms with E-state index in [0.29, 0.717) is 12.2 Å². The van der Waals surface area contributed by atoms with Gasteiger partial charge in [-0.1, -0.05) is 17.3 Å². The van der Waals surface area contributed by atoms with Crippen molar-refractivity contribution in [3.63, 3.8) is 0 Å². The number of nitrogens with zero attached hydrogens (tertiary/aromatic N) is 2. The molecule has 1 N–H and O–H groups in total. The molecule has 0 bridgehead atoms. The van der Waals surface area contributed by atoms with Crippen LogP contribution in [0.1, 0.15) is 35.4 Å². The minimum atomic E-state index is -0.205. The van der Waals surface area contributed by atoms with Crippen LogP contribution in [0.15, 0.2) is 28.8 Å². The van der Waals surface area contributed by atoms with Crippen molar-refractivity contribution < 1.29 is 13.7 Å². The largest absolute Gasteiger partial charge is 0.361 e. The SMILES string of the molecule is Cc1noc(C)c1CC(=O)NC1CCN(Cc2ccc(F)cc2)CC1. The average Bonchev–Trinajstić information content (AvgIpc) is 2.90. The van der Waals surface area contributed by atoms with Crippen molar-refractivity contribution in [3.8, 4) is 0 Å². The summed E-state index contributed by atoms with van der Waals surface area (Å²) >= 11 is 0. The van der Waals surface area contributed by atoms with E-state index in [1.165, 1.54) is 12.1 Å². The summed E-state index contributed by atoms with van der Waals surface area (Å²) in [5.74, 6) is 0.525. The van der Waals surface area contributed by atoms with E-state index >= 15 is 0 Å². The number of halogens is 1. The van der Waals surface area contributed by atoms with Gasteiger partial charge in [0.1, 0.15) is 11.6 Å². The fraction of sp³-hybridized carbons (Fsp3) is 0.474. The van der Waals surface area contributed by atoms with Crippen LogP contribution in [0, 0.1) is 19.7 Å². The van der Waals surface area contributed by atoms with Crippen molar-refractivity contribution in [2.75, 3.05) is 13.1 Å². The molecule has 1 aliphatic rings. The van der Waals surface area contributed by atoms with E-state index in [1.54, 1.807) is 0 Å². The lowest BCUT2D eigenvalue weighted by Gasteiger charge is -2.32. The Morgan fingerprint density at radius 3 is 2.56 bits per heavy atom. The molecule has 25 heavy (non-hydrogen) atoms. The van der Waals surface area contributed by atoms with E-state index < -0.39 is 0 Å². The Kier molecular flexibility index (Phi) is 5.48. The van der Waals surface area contributed by atoms with Gasteiger partial charge >= 0.3 is 0 Å². The molecule has 1 aliphatic heterocycles. The van der Waals surface area contributed by atoms with E-state index in [1.807, 2.05) is 26.0 Å². The Morgan fingerprint density at radius 1 is 1.28 bits per heavy atom. The number of benzene rings is 1. The molecule has 1 amide bonds. The summed E-state index contributed by atoms with van der Waals surface area (Å²) in [7, 11) is 0. The Hall–Kier alpha value is -2.21. The predicted molar refractivity (Wildman–Crippen MR) is 92.5 cm³/mol. The maximum absolute atomic E-state index is 13.0. The van der Waals surface area contributed by atoms with Gasteiger partial charge in [0.15, 0.2) is 0 Å². The Bertz CT molecular complexity index is 699. The zero-order chi connectivity index (χ0) is 17.8. The van der Waals surface area contributed by atoms with Gasteiger partial charge in [0.05, 0.1) is 12.1 Å². The number of rotatable bonds is 5. The minimum Gasteiger partial charge on any atom is -0.361 e. The molecule has 1 saturated heterocycles. The Morgan fingerprint density at radius 2 is 1.96 bits per heavy atom. The molecule has 0 aliphatic carbocycles. The smallest absolute Gasteiger partial charge is 0.224 e. The normalized spacial score (nSPS) is 16.1. The molecule has 1 fully saturated rings. The van der Waals surface area contributed by atoms with Crippen molar-refractivity contribution in [2.45, 2.75) is 45.7 Å². The van der Waals surface area contributed by atoms with Gasteiger partial charge in [-0.3, -0.25) is 9.69 Å². The summed E-state index contributed by atoms with van der Waals surface area (Å²) < 4.78 is 18.1. The third-order valence-electron chi connectivity index (χ3n) is 4.79. The number of hydrogen-bond acceptors (Lipinski definition) is 4. The highest BCUT2D eigenvalue weighted by atomic mass is 19.1. The fourth-order valence-electron chi connectivity index (χ4n) is 3.28. The summed E-state index contributed by atoms with van der Waals surface area (Å²) in [4.78, 5) is 14.6. The maximum atomic E-state index is 13.0. The van der Waals surface area contributed by atoms with Crippen LogP contribution in [0.3, 0.4) is 0 Å². The zero-order valence-corrected chi connectivity index (χ0v) is 14.7. The molecule has 2 heterocycles. The number of likely N-dealkylation sites (tertiary alicyclic amines) is 1. The molecule has 134 valence electrons. The van der Waals surface area contributed by atoms with Crippen LogP contribution < -0.4 is 5.32 Å². The van der Waals surface area contributed by atoms with Crippen LogP contribution in [0.5, 0.6) is 0 Å². The zero-order valence-electron chi connectivity index (χ0n) is 14.7. The van der Waals surface area contributed by atoms with Crippen LogP contribution in [0.2, 0.25) is 0 Å². The topological polar surface area (TPSA) is 58.4 Å². The molecular weight excluding hydrogens is 321 g/mol. The molecule has 1 aromatic heterocycles. The van der Waals surface area contributed by atoms with Crippen molar-refractivity contribution in [1.82, 2.24) is 15.4 Å². The molecule has 5 nitrogen and oxygen atoms in total. The van der Waals surface area contributed by atoms with Gasteiger partial charge in [-0.15, -0.1) is 0 Å². The molecule has 0 unspecified atom stereocenters. The van der Waals surface area contributed by atoms with E-state index in [-0.39, 0.29) is 17.8 Å². The number of piperidine rings is 1. The lowest BCUT2D eigenvalue weighted by molar-refractivity contribution is -0.121. The molecule has 0 spiro atoms. The van der Waals surface area contributed by atoms with Gasteiger partial charge in [-0.2, -0.15) is 0 Å². The van der Waals surface area contributed by atoms with E-state index in [9.17, 15) is 9.18 Å². The first-order valence-corrected chi connectivity index (χ1v) is 8.69. The van der Waals surface area contributed by atoms with Crippen molar-refractivity contribution in [1.29, 1.82) is 0 Å². The molecular formula is C19H24FN3O2. The number of amides is 1. The van der Waals surface area contributed by atoms with E-state index in [0.717, 1.165) is 49.3 Å². The van der Waals surface area contributed by atoms with Crippen molar-refractivity contribution in [2.24, 2.45) is 0 Å². The van der Waals surface area contributed by atoms with Crippen LogP contribution in [-0.4, -0.2) is 35.1 Å². The number of carbonyl (C=O) groups excluding carboxylic acids is 1. The van der Waals surface area contributed by atoms with Gasteiger partial charge < -0.3 is 9.84 Å². The second-order valence-corrected chi connectivity index (χ2v) is 6.72. The highest BCUT2D eigenvalue weighted by Crippen LogP contribution is 2.16. The van der Waals surface area contributed by atoms with Gasteiger partial charge in [0.25, 0.3) is 0 Å². The number of aryl methyl sites for hydroxylation is 2. The lowest BCUT2D eigenvalue weighted by atomic mass is 10.0. The Balaban J connectivity index is 1.44. The molecule has 1 aromatic carbocycles. The molecule has 3 rings (SSSR count). The van der Waals surface area contributed by atoms with E-state index in [4.69, 9.17) is 4.52 Å². The monoisotopic (exact) mass is 345 g/mol. The van der Waals surface area contributed by atoms with Crippen LogP contribution in [0.25, 0.3) is 0 Å². The number of nitrogens with one attached hydrogen (secondary N) is 1. The predicted octanol–water partition coefficient (Wildman–Crippen LogP) is 2.75. The molecule has 0 saturated carbocycles. The van der Waals surface area contributed by atoms with Gasteiger partial charge in [0.2, 0.25) is 5.91 Å². The quantitative estimate of drug-likeness (QED) is 0.905. The minimum absolute atomic E-state index is 0.0198. The summed E-state index contributed by atoms with van der Waals surface area (Å²) in [6.45, 7) is 6.35. The average molecular weight is 345 g/mol. The number of aromatic nitrogens is 1. The number of hydrogen-bond donors (Lipinski definition) is 1. The summed E-state index contributed by atoms with van der Waals surface area (Å²) in [5.41, 5.74) is 2.77. The standard InChI is InChI=1S/C19H24FN3O2/c1-13-18(14(2)25-22-13)11-19(24)21-17-7-9-23(10-8-17)12-15-3-5-16(20)6-4-15/h3-6,17H,7-12H2,1-2H3,(H,21,24). The van der Waals surface area contributed by atoms with Gasteiger partial charge in [-0.25, -0.2) is 4.39 Å². The first-order chi connectivity index (χ1) is 12.0. The summed E-state index contributed by atoms with van der Waals surface area (Å²) in [6, 6.07) is 6.85. The molecule has 6 heteroatoms. The van der Waals surface area contributed by atoms with Crippen molar-refractivity contribution >= 4 is 5.91 Å². The number of carbonyl (C=O) groups is 1. The molecule has 0 atom stereocenters. The summed E-state index contributed by atoms with van der Waals surface area (Å²) in [6.07, 6.45) is 2.17. The first kappa shape index (κ1) is 17.6. The summed E-state index contributed by atoms with van der Waals surface area (Å²) in [5, 5.41) is 7.00. The lowest BCUT2D eigenvalue weighted by Crippen LogP contribution is -2.44. The van der Waals surface area contributed by atoms with Crippen molar-refractivity contribution in [3.05, 3.63) is 52.7 Å². The third-order valence-corrected chi connectivity index (χ3v) is 4.79. The highest BCUT2D eigenvalue weighted by molar-refractivity contribution is 5.79.